The topological polar surface area (TPSA) is 127 Å². The molecular formula is C14H20N6O3S. The number of H-pyrrole nitrogens is 1. The van der Waals surface area contributed by atoms with E-state index in [1.54, 1.807) is 12.3 Å². The van der Waals surface area contributed by atoms with Crippen molar-refractivity contribution >= 4 is 21.5 Å². The molecule has 1 saturated heterocycles. The van der Waals surface area contributed by atoms with Crippen molar-refractivity contribution in [3.63, 3.8) is 0 Å². The molecule has 130 valence electrons. The maximum atomic E-state index is 11.7. The zero-order chi connectivity index (χ0) is 17.3. The number of rotatable bonds is 4. The van der Waals surface area contributed by atoms with Gasteiger partial charge in [0.25, 0.3) is 0 Å². The average molecular weight is 352 g/mol. The van der Waals surface area contributed by atoms with E-state index in [-0.39, 0.29) is 17.6 Å². The second kappa shape index (κ2) is 6.36. The van der Waals surface area contributed by atoms with Gasteiger partial charge in [-0.2, -0.15) is 5.10 Å². The van der Waals surface area contributed by atoms with Crippen molar-refractivity contribution in [2.75, 3.05) is 36.6 Å². The molecule has 0 amide bonds. The maximum absolute atomic E-state index is 11.7. The van der Waals surface area contributed by atoms with Gasteiger partial charge in [-0.3, -0.25) is 5.10 Å². The highest BCUT2D eigenvalue weighted by molar-refractivity contribution is 7.89. The summed E-state index contributed by atoms with van der Waals surface area (Å²) in [7, 11) is -3.22. The fraction of sp³-hybridized carbons (Fsp3) is 0.500. The lowest BCUT2D eigenvalue weighted by Gasteiger charge is -2.34. The first-order chi connectivity index (χ1) is 11.3. The molecule has 9 nitrogen and oxygen atoms in total. The minimum atomic E-state index is -3.22. The fourth-order valence-corrected chi connectivity index (χ4v) is 3.33. The minimum Gasteiger partial charge on any atom is -0.382 e. The molecule has 0 spiro atoms. The number of aromatic amines is 1. The third-order valence-corrected chi connectivity index (χ3v) is 4.57. The third-order valence-electron chi connectivity index (χ3n) is 3.75. The Hall–Kier alpha value is -2.20. The van der Waals surface area contributed by atoms with E-state index in [2.05, 4.69) is 25.1 Å². The van der Waals surface area contributed by atoms with E-state index in [1.807, 2.05) is 6.92 Å². The lowest BCUT2D eigenvalue weighted by atomic mass is 10.2. The van der Waals surface area contributed by atoms with E-state index in [0.29, 0.717) is 42.7 Å². The van der Waals surface area contributed by atoms with Crippen LogP contribution < -0.4 is 10.6 Å². The number of anilines is 2. The van der Waals surface area contributed by atoms with Crippen molar-refractivity contribution in [1.29, 1.82) is 0 Å². The normalized spacial score (nSPS) is 18.8. The quantitative estimate of drug-likeness (QED) is 0.800. The van der Waals surface area contributed by atoms with Gasteiger partial charge in [-0.25, -0.2) is 18.4 Å². The number of nitrogens with one attached hydrogen (secondary N) is 1. The van der Waals surface area contributed by atoms with Gasteiger partial charge in [0.1, 0.15) is 5.82 Å². The summed E-state index contributed by atoms with van der Waals surface area (Å²) in [6, 6.07) is 1.84. The summed E-state index contributed by atoms with van der Waals surface area (Å²) in [4.78, 5) is 11.0. The number of hydrogen-bond donors (Lipinski definition) is 2. The van der Waals surface area contributed by atoms with Crippen LogP contribution in [0.2, 0.25) is 0 Å². The largest absolute Gasteiger partial charge is 0.382 e. The van der Waals surface area contributed by atoms with Crippen molar-refractivity contribution < 1.29 is 13.2 Å². The van der Waals surface area contributed by atoms with Gasteiger partial charge < -0.3 is 15.4 Å². The number of sulfone groups is 1. The van der Waals surface area contributed by atoms with E-state index >= 15 is 0 Å². The van der Waals surface area contributed by atoms with E-state index < -0.39 is 9.84 Å². The molecule has 0 bridgehead atoms. The molecule has 1 atom stereocenters. The molecule has 24 heavy (non-hydrogen) atoms. The molecule has 0 unspecified atom stereocenters. The first-order valence-corrected chi connectivity index (χ1v) is 9.59. The van der Waals surface area contributed by atoms with Crippen molar-refractivity contribution in [3.8, 4) is 11.4 Å². The molecule has 0 saturated carbocycles. The van der Waals surface area contributed by atoms with Gasteiger partial charge in [-0.15, -0.1) is 0 Å². The maximum Gasteiger partial charge on any atom is 0.167 e. The Balaban J connectivity index is 2.07. The molecule has 2 aromatic rings. The minimum absolute atomic E-state index is 0.134. The number of nitrogen functional groups attached to an aromatic ring is 1. The van der Waals surface area contributed by atoms with Crippen molar-refractivity contribution in [2.45, 2.75) is 18.7 Å². The molecule has 1 fully saturated rings. The monoisotopic (exact) mass is 352 g/mol. The summed E-state index contributed by atoms with van der Waals surface area (Å²) in [6.45, 7) is 3.90. The van der Waals surface area contributed by atoms with Crippen LogP contribution in [0.15, 0.2) is 12.3 Å². The highest BCUT2D eigenvalue weighted by Gasteiger charge is 2.23. The smallest absolute Gasteiger partial charge is 0.167 e. The zero-order valence-electron chi connectivity index (χ0n) is 13.6. The SMILES string of the molecule is C[C@H]1COCCN1c1cc(CS(C)(=O)=O)nc(-c2c[nH]nc2N)n1. The lowest BCUT2D eigenvalue weighted by molar-refractivity contribution is 0.0985. The molecule has 10 heteroatoms. The van der Waals surface area contributed by atoms with Gasteiger partial charge in [0.15, 0.2) is 21.5 Å². The zero-order valence-corrected chi connectivity index (χ0v) is 14.4. The van der Waals surface area contributed by atoms with Crippen molar-refractivity contribution in [3.05, 3.63) is 18.0 Å². The summed E-state index contributed by atoms with van der Waals surface area (Å²) in [5.74, 6) is 1.13. The van der Waals surface area contributed by atoms with Gasteiger partial charge in [0, 0.05) is 25.1 Å². The van der Waals surface area contributed by atoms with Crippen LogP contribution in [0, 0.1) is 0 Å². The Morgan fingerprint density at radius 2 is 2.25 bits per heavy atom. The molecule has 0 radical (unpaired) electrons. The van der Waals surface area contributed by atoms with Gasteiger partial charge >= 0.3 is 0 Å². The Labute approximate surface area is 140 Å². The molecule has 2 aromatic heterocycles. The molecule has 0 aromatic carbocycles. The third kappa shape index (κ3) is 3.65. The van der Waals surface area contributed by atoms with Gasteiger partial charge in [0.2, 0.25) is 0 Å². The van der Waals surface area contributed by atoms with Crippen LogP contribution in [0.3, 0.4) is 0 Å². The first-order valence-electron chi connectivity index (χ1n) is 7.53. The molecular weight excluding hydrogens is 332 g/mol. The number of nitrogens with zero attached hydrogens (tertiary/aromatic N) is 4. The summed E-state index contributed by atoms with van der Waals surface area (Å²) < 4.78 is 28.8. The lowest BCUT2D eigenvalue weighted by Crippen LogP contribution is -2.44. The summed E-state index contributed by atoms with van der Waals surface area (Å²) in [5.41, 5.74) is 6.81. The van der Waals surface area contributed by atoms with Crippen LogP contribution in [0.25, 0.3) is 11.4 Å². The van der Waals surface area contributed by atoms with E-state index in [0.717, 1.165) is 0 Å². The van der Waals surface area contributed by atoms with E-state index in [1.165, 1.54) is 6.26 Å². The molecule has 3 N–H and O–H groups in total. The Morgan fingerprint density at radius 1 is 1.46 bits per heavy atom. The predicted molar refractivity (Wildman–Crippen MR) is 90.2 cm³/mol. The fourth-order valence-electron chi connectivity index (χ4n) is 2.64. The highest BCUT2D eigenvalue weighted by Crippen LogP contribution is 2.25. The molecule has 3 rings (SSSR count). The van der Waals surface area contributed by atoms with Gasteiger partial charge in [-0.1, -0.05) is 0 Å². The average Bonchev–Trinajstić information content (AvgIpc) is 2.92. The standard InChI is InChI=1S/C14H20N6O3S/c1-9-7-23-4-3-20(9)12-5-10(8-24(2,21)22)17-14(18-12)11-6-16-19-13(11)15/h5-6,9H,3-4,7-8H2,1-2H3,(H3,15,16,19)/t9-/m0/s1. The number of morpholine rings is 1. The van der Waals surface area contributed by atoms with Crippen LogP contribution in [0.4, 0.5) is 11.6 Å². The van der Waals surface area contributed by atoms with Gasteiger partial charge in [-0.05, 0) is 6.92 Å². The molecule has 0 aliphatic carbocycles. The second-order valence-electron chi connectivity index (χ2n) is 5.91. The van der Waals surface area contributed by atoms with Crippen molar-refractivity contribution in [2.24, 2.45) is 0 Å². The Morgan fingerprint density at radius 3 is 2.88 bits per heavy atom. The Bertz CT molecular complexity index is 835. The predicted octanol–water partition coefficient (Wildman–Crippen LogP) is 0.219. The molecule has 3 heterocycles. The number of nitrogens with two attached hydrogens (primary N) is 1. The molecule has 1 aliphatic rings. The molecule has 1 aliphatic heterocycles. The van der Waals surface area contributed by atoms with Gasteiger partial charge in [0.05, 0.1) is 36.3 Å². The Kier molecular flexibility index (Phi) is 4.41. The highest BCUT2D eigenvalue weighted by atomic mass is 32.2. The number of aromatic nitrogens is 4. The summed E-state index contributed by atoms with van der Waals surface area (Å²) >= 11 is 0. The van der Waals surface area contributed by atoms with Crippen LogP contribution >= 0.6 is 0 Å². The van der Waals surface area contributed by atoms with Crippen LogP contribution in [-0.2, 0) is 20.3 Å². The van der Waals surface area contributed by atoms with E-state index in [9.17, 15) is 8.42 Å². The number of ether oxygens (including phenoxy) is 1. The van der Waals surface area contributed by atoms with E-state index in [4.69, 9.17) is 10.5 Å². The summed E-state index contributed by atoms with van der Waals surface area (Å²) in [5, 5.41) is 6.54. The van der Waals surface area contributed by atoms with Crippen LogP contribution in [0.1, 0.15) is 12.6 Å². The first kappa shape index (κ1) is 16.7. The van der Waals surface area contributed by atoms with Crippen LogP contribution in [-0.4, -0.2) is 60.6 Å². The van der Waals surface area contributed by atoms with Crippen LogP contribution in [0.5, 0.6) is 0 Å². The summed E-state index contributed by atoms with van der Waals surface area (Å²) in [6.07, 6.45) is 2.78. The van der Waals surface area contributed by atoms with Crippen molar-refractivity contribution in [1.82, 2.24) is 20.2 Å². The second-order valence-corrected chi connectivity index (χ2v) is 8.05. The number of hydrogen-bond acceptors (Lipinski definition) is 8.